The molecule has 0 aliphatic heterocycles. The number of fused-ring (bicyclic) bond motifs is 6. The molecule has 0 atom stereocenters. The molecule has 3 aromatic heterocycles. The van der Waals surface area contributed by atoms with E-state index in [1.54, 1.807) is 0 Å². The first-order valence-electron chi connectivity index (χ1n) is 19.3. The van der Waals surface area contributed by atoms with Gasteiger partial charge in [-0.25, -0.2) is 15.0 Å². The SMILES string of the molecule is c1ccc(-c2nc(-c3cccc(-n4c5ccccc5c5ccccc54)c3)cc(-c3ccc4nc(-c5ccccc5)c5cccc(-c6ccccc6)c5c4c3)n2)cc1. The van der Waals surface area contributed by atoms with Gasteiger partial charge in [-0.2, -0.15) is 0 Å². The van der Waals surface area contributed by atoms with Gasteiger partial charge in [0.1, 0.15) is 0 Å². The van der Waals surface area contributed by atoms with E-state index in [9.17, 15) is 0 Å². The minimum Gasteiger partial charge on any atom is -0.309 e. The van der Waals surface area contributed by atoms with Gasteiger partial charge in [0, 0.05) is 54.9 Å². The number of nitrogens with zero attached hydrogens (tertiary/aromatic N) is 4. The molecule has 0 N–H and O–H groups in total. The molecule has 8 aromatic carbocycles. The van der Waals surface area contributed by atoms with Gasteiger partial charge in [-0.15, -0.1) is 0 Å². The number of rotatable bonds is 6. The monoisotopic (exact) mass is 726 g/mol. The van der Waals surface area contributed by atoms with E-state index < -0.39 is 0 Å². The second-order valence-electron chi connectivity index (χ2n) is 14.4. The summed E-state index contributed by atoms with van der Waals surface area (Å²) in [5.41, 5.74) is 13.4. The fraction of sp³-hybridized carbons (Fsp3) is 0. The first-order chi connectivity index (χ1) is 28.3. The molecule has 0 amide bonds. The Bertz CT molecular complexity index is 3230. The molecule has 4 heteroatoms. The highest BCUT2D eigenvalue weighted by atomic mass is 15.0. The molecule has 0 fully saturated rings. The van der Waals surface area contributed by atoms with Crippen molar-refractivity contribution in [3.05, 3.63) is 206 Å². The Labute approximate surface area is 330 Å². The highest BCUT2D eigenvalue weighted by molar-refractivity contribution is 6.17. The zero-order valence-electron chi connectivity index (χ0n) is 30.9. The van der Waals surface area contributed by atoms with Crippen molar-refractivity contribution in [3.63, 3.8) is 0 Å². The number of para-hydroxylation sites is 2. The fourth-order valence-electron chi connectivity index (χ4n) is 8.35. The zero-order chi connectivity index (χ0) is 37.7. The van der Waals surface area contributed by atoms with Gasteiger partial charge in [0.25, 0.3) is 0 Å². The molecule has 0 saturated heterocycles. The quantitative estimate of drug-likeness (QED) is 0.160. The molecule has 0 unspecified atom stereocenters. The van der Waals surface area contributed by atoms with Crippen molar-refractivity contribution in [1.29, 1.82) is 0 Å². The van der Waals surface area contributed by atoms with E-state index in [1.165, 1.54) is 38.3 Å². The molecule has 266 valence electrons. The summed E-state index contributed by atoms with van der Waals surface area (Å²) in [6.45, 7) is 0. The maximum Gasteiger partial charge on any atom is 0.160 e. The van der Waals surface area contributed by atoms with Crippen LogP contribution < -0.4 is 0 Å². The van der Waals surface area contributed by atoms with E-state index >= 15 is 0 Å². The van der Waals surface area contributed by atoms with Crippen LogP contribution in [-0.2, 0) is 0 Å². The van der Waals surface area contributed by atoms with Crippen LogP contribution in [0, 0.1) is 0 Å². The maximum absolute atomic E-state index is 5.32. The Hall–Kier alpha value is -7.69. The average Bonchev–Trinajstić information content (AvgIpc) is 3.63. The van der Waals surface area contributed by atoms with Crippen LogP contribution in [0.4, 0.5) is 0 Å². The van der Waals surface area contributed by atoms with E-state index in [0.29, 0.717) is 5.82 Å². The van der Waals surface area contributed by atoms with Gasteiger partial charge < -0.3 is 4.57 Å². The Morgan fingerprint density at radius 3 is 1.56 bits per heavy atom. The number of hydrogen-bond donors (Lipinski definition) is 0. The summed E-state index contributed by atoms with van der Waals surface area (Å²) < 4.78 is 2.35. The summed E-state index contributed by atoms with van der Waals surface area (Å²) in [7, 11) is 0. The summed E-state index contributed by atoms with van der Waals surface area (Å²) in [5, 5.41) is 5.84. The lowest BCUT2D eigenvalue weighted by molar-refractivity contribution is 1.16. The predicted molar refractivity (Wildman–Crippen MR) is 236 cm³/mol. The van der Waals surface area contributed by atoms with Gasteiger partial charge in [0.15, 0.2) is 5.82 Å². The van der Waals surface area contributed by atoms with Gasteiger partial charge >= 0.3 is 0 Å². The van der Waals surface area contributed by atoms with Crippen molar-refractivity contribution in [3.8, 4) is 62.0 Å². The smallest absolute Gasteiger partial charge is 0.160 e. The second kappa shape index (κ2) is 13.6. The van der Waals surface area contributed by atoms with Crippen LogP contribution in [0.5, 0.6) is 0 Å². The third kappa shape index (κ3) is 5.66. The van der Waals surface area contributed by atoms with E-state index in [4.69, 9.17) is 15.0 Å². The van der Waals surface area contributed by atoms with Gasteiger partial charge in [-0.3, -0.25) is 0 Å². The van der Waals surface area contributed by atoms with Crippen LogP contribution in [0.15, 0.2) is 206 Å². The van der Waals surface area contributed by atoms with E-state index in [0.717, 1.165) is 61.3 Å². The Balaban J connectivity index is 1.13. The van der Waals surface area contributed by atoms with Crippen molar-refractivity contribution < 1.29 is 0 Å². The molecule has 4 nitrogen and oxygen atoms in total. The summed E-state index contributed by atoms with van der Waals surface area (Å²) in [6.07, 6.45) is 0. The number of pyridine rings is 1. The lowest BCUT2D eigenvalue weighted by Gasteiger charge is -2.15. The van der Waals surface area contributed by atoms with Crippen LogP contribution in [0.3, 0.4) is 0 Å². The van der Waals surface area contributed by atoms with Gasteiger partial charge in [0.2, 0.25) is 0 Å². The minimum absolute atomic E-state index is 0.679. The van der Waals surface area contributed by atoms with Gasteiger partial charge in [-0.05, 0) is 53.6 Å². The van der Waals surface area contributed by atoms with Crippen LogP contribution in [0.1, 0.15) is 0 Å². The molecule has 0 saturated carbocycles. The van der Waals surface area contributed by atoms with E-state index in [-0.39, 0.29) is 0 Å². The summed E-state index contributed by atoms with van der Waals surface area (Å²) >= 11 is 0. The molecule has 0 radical (unpaired) electrons. The summed E-state index contributed by atoms with van der Waals surface area (Å²) in [5.74, 6) is 0.679. The normalized spacial score (nSPS) is 11.5. The molecular formula is C53H34N4. The highest BCUT2D eigenvalue weighted by Crippen LogP contribution is 2.40. The van der Waals surface area contributed by atoms with Crippen molar-refractivity contribution >= 4 is 43.5 Å². The molecule has 57 heavy (non-hydrogen) atoms. The van der Waals surface area contributed by atoms with Crippen LogP contribution in [0.25, 0.3) is 105 Å². The largest absolute Gasteiger partial charge is 0.309 e. The standard InChI is InChI=1S/C53H34N4/c1-4-16-35(17-5-1)41-26-15-27-44-51(41)45-33-39(30-31-46(45)54-52(44)36-18-6-2-7-19-36)48-34-47(55-53(56-48)37-20-8-3-9-21-37)38-22-14-23-40(32-38)57-49-28-12-10-24-42(49)43-25-11-13-29-50(43)57/h1-34H. The fourth-order valence-corrected chi connectivity index (χ4v) is 8.35. The average molecular weight is 727 g/mol. The zero-order valence-corrected chi connectivity index (χ0v) is 30.9. The minimum atomic E-state index is 0.679. The first kappa shape index (κ1) is 32.7. The van der Waals surface area contributed by atoms with E-state index in [2.05, 4.69) is 193 Å². The molecule has 0 spiro atoms. The summed E-state index contributed by atoms with van der Waals surface area (Å²) in [4.78, 5) is 15.8. The van der Waals surface area contributed by atoms with Crippen molar-refractivity contribution in [2.75, 3.05) is 0 Å². The molecule has 3 heterocycles. The molecule has 11 aromatic rings. The van der Waals surface area contributed by atoms with Crippen molar-refractivity contribution in [2.45, 2.75) is 0 Å². The van der Waals surface area contributed by atoms with Gasteiger partial charge in [-0.1, -0.05) is 164 Å². The lowest BCUT2D eigenvalue weighted by atomic mass is 9.92. The third-order valence-corrected chi connectivity index (χ3v) is 11.0. The first-order valence-corrected chi connectivity index (χ1v) is 19.3. The predicted octanol–water partition coefficient (Wildman–Crippen LogP) is 13.6. The molecule has 0 aliphatic carbocycles. The number of benzene rings is 8. The van der Waals surface area contributed by atoms with Crippen LogP contribution in [-0.4, -0.2) is 19.5 Å². The Kier molecular flexibility index (Phi) is 7.78. The number of hydrogen-bond acceptors (Lipinski definition) is 3. The number of aromatic nitrogens is 4. The molecular weight excluding hydrogens is 693 g/mol. The highest BCUT2D eigenvalue weighted by Gasteiger charge is 2.18. The van der Waals surface area contributed by atoms with Crippen molar-refractivity contribution in [2.24, 2.45) is 0 Å². The summed E-state index contributed by atoms with van der Waals surface area (Å²) in [6, 6.07) is 72.6. The Morgan fingerprint density at radius 2 is 0.877 bits per heavy atom. The van der Waals surface area contributed by atoms with Crippen LogP contribution in [0.2, 0.25) is 0 Å². The molecule has 11 rings (SSSR count). The maximum atomic E-state index is 5.32. The topological polar surface area (TPSA) is 43.6 Å². The Morgan fingerprint density at radius 1 is 0.333 bits per heavy atom. The molecule has 0 bridgehead atoms. The lowest BCUT2D eigenvalue weighted by Crippen LogP contribution is -1.98. The molecule has 0 aliphatic rings. The third-order valence-electron chi connectivity index (χ3n) is 11.0. The van der Waals surface area contributed by atoms with Crippen LogP contribution >= 0.6 is 0 Å². The van der Waals surface area contributed by atoms with Gasteiger partial charge in [0.05, 0.1) is 33.6 Å². The van der Waals surface area contributed by atoms with E-state index in [1.807, 2.05) is 18.2 Å². The van der Waals surface area contributed by atoms with Crippen molar-refractivity contribution in [1.82, 2.24) is 19.5 Å². The second-order valence-corrected chi connectivity index (χ2v) is 14.4.